The molecule has 1 N–H and O–H groups in total. The minimum absolute atomic E-state index is 0.121. The molecule has 7 nitrogen and oxygen atoms in total. The number of halogens is 1. The van der Waals surface area contributed by atoms with E-state index in [2.05, 4.69) is 5.32 Å². The second-order valence-corrected chi connectivity index (χ2v) is 4.13. The lowest BCUT2D eigenvalue weighted by atomic mass is 10.1. The number of hydrogen-bond acceptors (Lipinski definition) is 4. The van der Waals surface area contributed by atoms with Crippen LogP contribution in [0.2, 0.25) is 5.02 Å². The van der Waals surface area contributed by atoms with Crippen LogP contribution in [0.1, 0.15) is 10.4 Å². The molecular weight excluding hydrogens is 274 g/mol. The van der Waals surface area contributed by atoms with E-state index in [1.807, 2.05) is 0 Å². The quantitative estimate of drug-likeness (QED) is 0.661. The van der Waals surface area contributed by atoms with Crippen LogP contribution in [-0.2, 0) is 4.79 Å². The molecule has 0 aromatic heterocycles. The summed E-state index contributed by atoms with van der Waals surface area (Å²) in [5.41, 5.74) is -0.609. The molecule has 0 unspecified atom stereocenters. The molecule has 2 amide bonds. The molecule has 102 valence electrons. The predicted octanol–water partition coefficient (Wildman–Crippen LogP) is 1.07. The standard InChI is InChI=1S/C11H12ClN3O4/c1-13-9(16)6-14(2)11(17)7-4-3-5-8(12)10(7)15(18)19/h3-5H,6H2,1-2H3,(H,13,16). The molecule has 0 aliphatic heterocycles. The van der Waals surface area contributed by atoms with E-state index < -0.39 is 16.5 Å². The van der Waals surface area contributed by atoms with Crippen LogP contribution in [0, 0.1) is 10.1 Å². The van der Waals surface area contributed by atoms with E-state index in [-0.39, 0.29) is 23.0 Å². The van der Waals surface area contributed by atoms with Crippen molar-refractivity contribution >= 4 is 29.1 Å². The van der Waals surface area contributed by atoms with Gasteiger partial charge in [-0.15, -0.1) is 0 Å². The third-order valence-electron chi connectivity index (χ3n) is 2.41. The Morgan fingerprint density at radius 2 is 2.11 bits per heavy atom. The Hall–Kier alpha value is -2.15. The van der Waals surface area contributed by atoms with Crippen molar-refractivity contribution in [1.29, 1.82) is 0 Å². The molecule has 0 aliphatic carbocycles. The van der Waals surface area contributed by atoms with Gasteiger partial charge in [0.2, 0.25) is 5.91 Å². The maximum atomic E-state index is 12.1. The summed E-state index contributed by atoms with van der Waals surface area (Å²) in [4.78, 5) is 34.5. The van der Waals surface area contributed by atoms with Crippen LogP contribution in [0.3, 0.4) is 0 Å². The average molecular weight is 286 g/mol. The second kappa shape index (κ2) is 6.14. The molecule has 0 radical (unpaired) electrons. The molecule has 19 heavy (non-hydrogen) atoms. The van der Waals surface area contributed by atoms with Crippen LogP contribution in [0.4, 0.5) is 5.69 Å². The second-order valence-electron chi connectivity index (χ2n) is 3.73. The van der Waals surface area contributed by atoms with E-state index in [0.717, 1.165) is 4.90 Å². The summed E-state index contributed by atoms with van der Waals surface area (Å²) in [5.74, 6) is -1.02. The number of nitro groups is 1. The van der Waals surface area contributed by atoms with Gasteiger partial charge in [0.25, 0.3) is 5.91 Å². The third-order valence-corrected chi connectivity index (χ3v) is 2.71. The molecule has 0 saturated carbocycles. The zero-order valence-electron chi connectivity index (χ0n) is 10.3. The number of hydrogen-bond donors (Lipinski definition) is 1. The van der Waals surface area contributed by atoms with Crippen molar-refractivity contribution in [3.8, 4) is 0 Å². The van der Waals surface area contributed by atoms with Crippen molar-refractivity contribution in [2.75, 3.05) is 20.6 Å². The maximum Gasteiger partial charge on any atom is 0.300 e. The van der Waals surface area contributed by atoms with E-state index in [9.17, 15) is 19.7 Å². The van der Waals surface area contributed by atoms with Crippen molar-refractivity contribution in [1.82, 2.24) is 10.2 Å². The number of para-hydroxylation sites is 1. The first-order valence-corrected chi connectivity index (χ1v) is 5.65. The van der Waals surface area contributed by atoms with Gasteiger partial charge in [0, 0.05) is 14.1 Å². The zero-order valence-corrected chi connectivity index (χ0v) is 11.1. The highest BCUT2D eigenvalue weighted by Crippen LogP contribution is 2.28. The number of nitro benzene ring substituents is 1. The van der Waals surface area contributed by atoms with Gasteiger partial charge in [-0.2, -0.15) is 0 Å². The molecule has 0 spiro atoms. The van der Waals surface area contributed by atoms with E-state index in [0.29, 0.717) is 0 Å². The van der Waals surface area contributed by atoms with Gasteiger partial charge in [-0.3, -0.25) is 19.7 Å². The fourth-order valence-corrected chi connectivity index (χ4v) is 1.69. The summed E-state index contributed by atoms with van der Waals surface area (Å²) >= 11 is 5.71. The van der Waals surface area contributed by atoms with Gasteiger partial charge in [-0.05, 0) is 12.1 Å². The Labute approximate surface area is 114 Å². The molecule has 1 aromatic carbocycles. The van der Waals surface area contributed by atoms with Gasteiger partial charge in [-0.1, -0.05) is 17.7 Å². The molecule has 0 heterocycles. The van der Waals surface area contributed by atoms with E-state index in [4.69, 9.17) is 11.6 Å². The van der Waals surface area contributed by atoms with Gasteiger partial charge in [0.15, 0.2) is 0 Å². The summed E-state index contributed by atoms with van der Waals surface area (Å²) in [7, 11) is 2.81. The Morgan fingerprint density at radius 3 is 2.63 bits per heavy atom. The minimum Gasteiger partial charge on any atom is -0.358 e. The van der Waals surface area contributed by atoms with Crippen molar-refractivity contribution in [3.05, 3.63) is 38.9 Å². The molecule has 0 aliphatic rings. The number of carbonyl (C=O) groups excluding carboxylic acids is 2. The van der Waals surface area contributed by atoms with E-state index in [1.165, 1.54) is 32.3 Å². The number of amides is 2. The Kier molecular flexibility index (Phi) is 4.82. The van der Waals surface area contributed by atoms with E-state index >= 15 is 0 Å². The van der Waals surface area contributed by atoms with Crippen LogP contribution < -0.4 is 5.32 Å². The lowest BCUT2D eigenvalue weighted by Crippen LogP contribution is -2.37. The molecule has 1 aromatic rings. The van der Waals surface area contributed by atoms with Gasteiger partial charge in [0.05, 0.1) is 11.5 Å². The molecule has 0 atom stereocenters. The first-order valence-electron chi connectivity index (χ1n) is 5.27. The van der Waals surface area contributed by atoms with Crippen LogP contribution in [0.5, 0.6) is 0 Å². The number of nitrogens with zero attached hydrogens (tertiary/aromatic N) is 2. The highest BCUT2D eigenvalue weighted by Gasteiger charge is 2.26. The van der Waals surface area contributed by atoms with E-state index in [1.54, 1.807) is 0 Å². The zero-order chi connectivity index (χ0) is 14.6. The summed E-state index contributed by atoms with van der Waals surface area (Å²) in [5, 5.41) is 13.2. The monoisotopic (exact) mass is 285 g/mol. The van der Waals surface area contributed by atoms with Gasteiger partial charge >= 0.3 is 5.69 Å². The third kappa shape index (κ3) is 3.41. The smallest absolute Gasteiger partial charge is 0.300 e. The first-order chi connectivity index (χ1) is 8.88. The van der Waals surface area contributed by atoms with Crippen molar-refractivity contribution in [3.63, 3.8) is 0 Å². The topological polar surface area (TPSA) is 92.6 Å². The molecule has 0 saturated heterocycles. The normalized spacial score (nSPS) is 9.84. The first kappa shape index (κ1) is 14.9. The van der Waals surface area contributed by atoms with Crippen molar-refractivity contribution in [2.45, 2.75) is 0 Å². The molecular formula is C11H12ClN3O4. The highest BCUT2D eigenvalue weighted by atomic mass is 35.5. The molecule has 0 bridgehead atoms. The lowest BCUT2D eigenvalue weighted by molar-refractivity contribution is -0.385. The minimum atomic E-state index is -0.719. The number of carbonyl (C=O) groups is 2. The summed E-state index contributed by atoms with van der Waals surface area (Å²) in [6.45, 7) is -0.195. The highest BCUT2D eigenvalue weighted by molar-refractivity contribution is 6.33. The Balaban J connectivity index is 3.09. The number of likely N-dealkylation sites (N-methyl/N-ethyl adjacent to an activating group) is 2. The average Bonchev–Trinajstić information content (AvgIpc) is 2.36. The van der Waals surface area contributed by atoms with Crippen LogP contribution >= 0.6 is 11.6 Å². The summed E-state index contributed by atoms with van der Waals surface area (Å²) in [6.07, 6.45) is 0. The number of benzene rings is 1. The van der Waals surface area contributed by atoms with Gasteiger partial charge < -0.3 is 10.2 Å². The SMILES string of the molecule is CNC(=O)CN(C)C(=O)c1cccc(Cl)c1[N+](=O)[O-]. The maximum absolute atomic E-state index is 12.1. The summed E-state index contributed by atoms with van der Waals surface area (Å²) in [6, 6.07) is 4.07. The molecule has 1 rings (SSSR count). The fraction of sp³-hybridized carbons (Fsp3) is 0.273. The lowest BCUT2D eigenvalue weighted by Gasteiger charge is -2.16. The van der Waals surface area contributed by atoms with Crippen LogP contribution in [0.25, 0.3) is 0 Å². The fourth-order valence-electron chi connectivity index (χ4n) is 1.45. The van der Waals surface area contributed by atoms with Crippen LogP contribution in [0.15, 0.2) is 18.2 Å². The number of rotatable bonds is 4. The van der Waals surface area contributed by atoms with Gasteiger partial charge in [0.1, 0.15) is 10.6 Å². The van der Waals surface area contributed by atoms with Crippen molar-refractivity contribution < 1.29 is 14.5 Å². The molecule has 0 fully saturated rings. The molecule has 8 heteroatoms. The Bertz CT molecular complexity index is 533. The van der Waals surface area contributed by atoms with Gasteiger partial charge in [-0.25, -0.2) is 0 Å². The van der Waals surface area contributed by atoms with Crippen molar-refractivity contribution in [2.24, 2.45) is 0 Å². The van der Waals surface area contributed by atoms with Crippen LogP contribution in [-0.4, -0.2) is 42.3 Å². The predicted molar refractivity (Wildman–Crippen MR) is 69.1 cm³/mol. The number of nitrogens with one attached hydrogen (secondary N) is 1. The summed E-state index contributed by atoms with van der Waals surface area (Å²) < 4.78 is 0. The Morgan fingerprint density at radius 1 is 1.47 bits per heavy atom. The largest absolute Gasteiger partial charge is 0.358 e.